The standard InChI is InChI=1S/C18H16F3N5O3S/c1-2-30(28,29)13-7-11(23-17(27)10-3-4-10)9-22-16(13)12-5-6-26-15(24-12)8-14(25-26)18(19,20)21/h5-10H,2-4H2,1H3,(H,23,27). The van der Waals surface area contributed by atoms with E-state index in [-0.39, 0.29) is 45.2 Å². The molecule has 3 aromatic rings. The van der Waals surface area contributed by atoms with Crippen LogP contribution in [0.1, 0.15) is 25.5 Å². The molecule has 3 heterocycles. The number of sulfone groups is 1. The summed E-state index contributed by atoms with van der Waals surface area (Å²) >= 11 is 0. The van der Waals surface area contributed by atoms with Gasteiger partial charge in [-0.15, -0.1) is 0 Å². The fraction of sp³-hybridized carbons (Fsp3) is 0.333. The predicted molar refractivity (Wildman–Crippen MR) is 100 cm³/mol. The van der Waals surface area contributed by atoms with Gasteiger partial charge in [-0.2, -0.15) is 18.3 Å². The zero-order valence-electron chi connectivity index (χ0n) is 15.6. The molecule has 1 aliphatic rings. The number of aromatic nitrogens is 4. The number of amides is 1. The van der Waals surface area contributed by atoms with Crippen molar-refractivity contribution in [1.82, 2.24) is 19.6 Å². The van der Waals surface area contributed by atoms with Gasteiger partial charge in [0.1, 0.15) is 5.69 Å². The van der Waals surface area contributed by atoms with Crippen LogP contribution >= 0.6 is 0 Å². The lowest BCUT2D eigenvalue weighted by atomic mass is 10.2. The Kier molecular flexibility index (Phi) is 4.76. The van der Waals surface area contributed by atoms with Crippen LogP contribution in [-0.4, -0.2) is 39.7 Å². The van der Waals surface area contributed by atoms with E-state index in [4.69, 9.17) is 0 Å². The SMILES string of the molecule is CCS(=O)(=O)c1cc(NC(=O)C2CC2)cnc1-c1ccn2nc(C(F)(F)F)cc2n1. The molecule has 3 aromatic heterocycles. The van der Waals surface area contributed by atoms with Crippen LogP contribution in [0.4, 0.5) is 18.9 Å². The van der Waals surface area contributed by atoms with Gasteiger partial charge in [0.25, 0.3) is 0 Å². The number of hydrogen-bond acceptors (Lipinski definition) is 6. The largest absolute Gasteiger partial charge is 0.435 e. The smallest absolute Gasteiger partial charge is 0.324 e. The molecule has 0 unspecified atom stereocenters. The Morgan fingerprint density at radius 2 is 2.03 bits per heavy atom. The number of nitrogens with one attached hydrogen (secondary N) is 1. The van der Waals surface area contributed by atoms with Crippen molar-refractivity contribution in [2.75, 3.05) is 11.1 Å². The van der Waals surface area contributed by atoms with E-state index in [0.29, 0.717) is 0 Å². The van der Waals surface area contributed by atoms with Crippen molar-refractivity contribution in [3.63, 3.8) is 0 Å². The summed E-state index contributed by atoms with van der Waals surface area (Å²) < 4.78 is 64.9. The zero-order valence-corrected chi connectivity index (χ0v) is 16.5. The second kappa shape index (κ2) is 7.04. The fourth-order valence-electron chi connectivity index (χ4n) is 2.84. The highest BCUT2D eigenvalue weighted by molar-refractivity contribution is 7.91. The van der Waals surface area contributed by atoms with E-state index in [1.807, 2.05) is 0 Å². The Morgan fingerprint density at radius 1 is 1.30 bits per heavy atom. The van der Waals surface area contributed by atoms with Crippen molar-refractivity contribution in [1.29, 1.82) is 0 Å². The van der Waals surface area contributed by atoms with E-state index < -0.39 is 21.7 Å². The van der Waals surface area contributed by atoms with Gasteiger partial charge in [-0.25, -0.2) is 17.9 Å². The lowest BCUT2D eigenvalue weighted by molar-refractivity contribution is -0.141. The van der Waals surface area contributed by atoms with Crippen LogP contribution in [0.3, 0.4) is 0 Å². The summed E-state index contributed by atoms with van der Waals surface area (Å²) in [5.74, 6) is -0.512. The van der Waals surface area contributed by atoms with E-state index in [9.17, 15) is 26.4 Å². The molecule has 0 spiro atoms. The van der Waals surface area contributed by atoms with E-state index in [0.717, 1.165) is 23.4 Å². The van der Waals surface area contributed by atoms with Crippen molar-refractivity contribution < 1.29 is 26.4 Å². The molecule has 0 aromatic carbocycles. The number of carbonyl (C=O) groups is 1. The average Bonchev–Trinajstić information content (AvgIpc) is 3.45. The van der Waals surface area contributed by atoms with Crippen LogP contribution in [0.15, 0.2) is 35.5 Å². The molecule has 1 aliphatic carbocycles. The molecule has 1 fully saturated rings. The van der Waals surface area contributed by atoms with Crippen molar-refractivity contribution in [2.45, 2.75) is 30.8 Å². The van der Waals surface area contributed by atoms with E-state index in [1.54, 1.807) is 0 Å². The number of alkyl halides is 3. The highest BCUT2D eigenvalue weighted by atomic mass is 32.2. The summed E-state index contributed by atoms with van der Waals surface area (Å²) in [6, 6.07) is 3.40. The molecule has 1 saturated carbocycles. The molecule has 8 nitrogen and oxygen atoms in total. The molecule has 0 saturated heterocycles. The minimum atomic E-state index is -4.63. The molecule has 1 N–H and O–H groups in total. The van der Waals surface area contributed by atoms with Crippen LogP contribution in [0.2, 0.25) is 0 Å². The second-order valence-electron chi connectivity index (χ2n) is 6.88. The van der Waals surface area contributed by atoms with Gasteiger partial charge in [-0.1, -0.05) is 6.92 Å². The number of pyridine rings is 1. The normalized spacial score (nSPS) is 14.8. The highest BCUT2D eigenvalue weighted by Crippen LogP contribution is 2.32. The summed E-state index contributed by atoms with van der Waals surface area (Å²) in [5, 5.41) is 6.06. The first-order valence-corrected chi connectivity index (χ1v) is 10.7. The van der Waals surface area contributed by atoms with Crippen LogP contribution in [-0.2, 0) is 20.8 Å². The summed E-state index contributed by atoms with van der Waals surface area (Å²) in [6.45, 7) is 1.46. The van der Waals surface area contributed by atoms with Gasteiger partial charge in [0.15, 0.2) is 21.2 Å². The lowest BCUT2D eigenvalue weighted by Crippen LogP contribution is -2.15. The molecule has 0 atom stereocenters. The van der Waals surface area contributed by atoms with Gasteiger partial charge >= 0.3 is 6.18 Å². The maximum absolute atomic E-state index is 12.9. The Morgan fingerprint density at radius 3 is 2.67 bits per heavy atom. The first kappa shape index (κ1) is 20.3. The van der Waals surface area contributed by atoms with Gasteiger partial charge in [0, 0.05) is 18.2 Å². The third-order valence-corrected chi connectivity index (χ3v) is 6.38. The van der Waals surface area contributed by atoms with E-state index in [1.165, 1.54) is 31.5 Å². The third-order valence-electron chi connectivity index (χ3n) is 4.64. The van der Waals surface area contributed by atoms with Crippen molar-refractivity contribution >= 4 is 27.1 Å². The average molecular weight is 439 g/mol. The minimum Gasteiger partial charge on any atom is -0.324 e. The number of anilines is 1. The van der Waals surface area contributed by atoms with E-state index in [2.05, 4.69) is 20.4 Å². The fourth-order valence-corrected chi connectivity index (χ4v) is 3.91. The number of carbonyl (C=O) groups excluding carboxylic acids is 1. The summed E-state index contributed by atoms with van der Waals surface area (Å²) in [7, 11) is -3.77. The quantitative estimate of drug-likeness (QED) is 0.655. The van der Waals surface area contributed by atoms with Crippen LogP contribution in [0.5, 0.6) is 0 Å². The molecule has 0 radical (unpaired) electrons. The number of hydrogen-bond donors (Lipinski definition) is 1. The first-order chi connectivity index (χ1) is 14.1. The summed E-state index contributed by atoms with van der Waals surface area (Å²) in [5.41, 5.74) is -0.929. The Hall–Kier alpha value is -3.02. The Balaban J connectivity index is 1.79. The highest BCUT2D eigenvalue weighted by Gasteiger charge is 2.34. The first-order valence-electron chi connectivity index (χ1n) is 9.06. The molecule has 158 valence electrons. The lowest BCUT2D eigenvalue weighted by Gasteiger charge is -2.11. The minimum absolute atomic E-state index is 0.0153. The van der Waals surface area contributed by atoms with Crippen LogP contribution in [0, 0.1) is 5.92 Å². The van der Waals surface area contributed by atoms with Gasteiger partial charge in [-0.3, -0.25) is 9.78 Å². The molecule has 0 aliphatic heterocycles. The number of halogens is 3. The van der Waals surface area contributed by atoms with Gasteiger partial charge < -0.3 is 5.32 Å². The number of fused-ring (bicyclic) bond motifs is 1. The van der Waals surface area contributed by atoms with Gasteiger partial charge in [0.2, 0.25) is 5.91 Å². The molecule has 30 heavy (non-hydrogen) atoms. The van der Waals surface area contributed by atoms with Gasteiger partial charge in [-0.05, 0) is 25.0 Å². The number of nitrogens with zero attached hydrogens (tertiary/aromatic N) is 4. The van der Waals surface area contributed by atoms with Crippen molar-refractivity contribution in [2.24, 2.45) is 5.92 Å². The molecule has 1 amide bonds. The monoisotopic (exact) mass is 439 g/mol. The molecule has 4 rings (SSSR count). The third kappa shape index (κ3) is 3.86. The number of rotatable bonds is 5. The predicted octanol–water partition coefficient (Wildman–Crippen LogP) is 2.95. The van der Waals surface area contributed by atoms with Crippen LogP contribution < -0.4 is 5.32 Å². The van der Waals surface area contributed by atoms with Crippen molar-refractivity contribution in [3.8, 4) is 11.4 Å². The van der Waals surface area contributed by atoms with Crippen LogP contribution in [0.25, 0.3) is 17.0 Å². The summed E-state index contributed by atoms with van der Waals surface area (Å²) in [4.78, 5) is 20.1. The van der Waals surface area contributed by atoms with E-state index >= 15 is 0 Å². The zero-order chi connectivity index (χ0) is 21.7. The topological polar surface area (TPSA) is 106 Å². The molecule has 12 heteroatoms. The Bertz CT molecular complexity index is 1250. The maximum atomic E-state index is 12.9. The van der Waals surface area contributed by atoms with Crippen molar-refractivity contribution in [3.05, 3.63) is 36.3 Å². The summed E-state index contributed by atoms with van der Waals surface area (Å²) in [6.07, 6.45) is -0.517. The molecular formula is C18H16F3N5O3S. The molecule has 0 bridgehead atoms. The second-order valence-corrected chi connectivity index (χ2v) is 9.13. The maximum Gasteiger partial charge on any atom is 0.435 e. The Labute approximate surface area is 169 Å². The van der Waals surface area contributed by atoms with Gasteiger partial charge in [0.05, 0.1) is 28.2 Å². The molecular weight excluding hydrogens is 423 g/mol.